The smallest absolute Gasteiger partial charge is 0.0506 e. The van der Waals surface area contributed by atoms with Crippen molar-refractivity contribution in [3.05, 3.63) is 29.8 Å². The first kappa shape index (κ1) is 12.5. The van der Waals surface area contributed by atoms with Crippen LogP contribution in [0.3, 0.4) is 0 Å². The summed E-state index contributed by atoms with van der Waals surface area (Å²) in [5.74, 6) is 1.94. The van der Waals surface area contributed by atoms with Crippen molar-refractivity contribution in [3.63, 3.8) is 0 Å². The van der Waals surface area contributed by atoms with E-state index in [0.717, 1.165) is 19.8 Å². The fourth-order valence-corrected chi connectivity index (χ4v) is 3.96. The van der Waals surface area contributed by atoms with Crippen molar-refractivity contribution in [1.82, 2.24) is 5.32 Å². The molecule has 0 bridgehead atoms. The van der Waals surface area contributed by atoms with Gasteiger partial charge >= 0.3 is 0 Å². The highest BCUT2D eigenvalue weighted by Gasteiger charge is 2.21. The summed E-state index contributed by atoms with van der Waals surface area (Å²) in [6.07, 6.45) is 3.79. The number of ether oxygens (including phenoxy) is 1. The fraction of sp³-hybridized carbons (Fsp3) is 0.600. The standard InChI is InChI=1S/C15H21NOS/c1-2-6-15-13(5-1)14(7-9-18-15)16-10-12-4-3-8-17-11-12/h1-2,5-6,12,14,16H,3-4,7-11H2. The molecule has 2 aliphatic heterocycles. The Morgan fingerprint density at radius 1 is 1.28 bits per heavy atom. The van der Waals surface area contributed by atoms with Crippen LogP contribution in [0.1, 0.15) is 30.9 Å². The third-order valence-electron chi connectivity index (χ3n) is 3.87. The highest BCUT2D eigenvalue weighted by atomic mass is 32.2. The predicted octanol–water partition coefficient (Wildman–Crippen LogP) is 3.24. The van der Waals surface area contributed by atoms with Gasteiger partial charge in [-0.3, -0.25) is 0 Å². The molecule has 2 aliphatic rings. The topological polar surface area (TPSA) is 21.3 Å². The molecule has 2 atom stereocenters. The summed E-state index contributed by atoms with van der Waals surface area (Å²) in [5, 5.41) is 3.75. The van der Waals surface area contributed by atoms with Crippen LogP contribution in [0.4, 0.5) is 0 Å². The zero-order valence-electron chi connectivity index (χ0n) is 10.7. The molecule has 2 nitrogen and oxygen atoms in total. The summed E-state index contributed by atoms with van der Waals surface area (Å²) in [6, 6.07) is 9.37. The van der Waals surface area contributed by atoms with E-state index in [-0.39, 0.29) is 0 Å². The van der Waals surface area contributed by atoms with Gasteiger partial charge in [0.05, 0.1) is 6.61 Å². The van der Waals surface area contributed by atoms with Crippen molar-refractivity contribution in [2.24, 2.45) is 5.92 Å². The molecule has 0 aliphatic carbocycles. The summed E-state index contributed by atoms with van der Waals surface area (Å²) >= 11 is 1.99. The van der Waals surface area contributed by atoms with E-state index in [0.29, 0.717) is 12.0 Å². The highest BCUT2D eigenvalue weighted by Crippen LogP contribution is 2.35. The van der Waals surface area contributed by atoms with Gasteiger partial charge in [-0.15, -0.1) is 11.8 Å². The SMILES string of the molecule is c1ccc2c(c1)SCCC2NCC1CCCOC1. The molecule has 1 aromatic rings. The lowest BCUT2D eigenvalue weighted by Crippen LogP contribution is -2.33. The van der Waals surface area contributed by atoms with E-state index in [1.54, 1.807) is 0 Å². The van der Waals surface area contributed by atoms with Gasteiger partial charge < -0.3 is 10.1 Å². The lowest BCUT2D eigenvalue weighted by Gasteiger charge is -2.29. The minimum absolute atomic E-state index is 0.546. The second-order valence-corrected chi connectivity index (χ2v) is 6.36. The van der Waals surface area contributed by atoms with Crippen LogP contribution in [0.5, 0.6) is 0 Å². The van der Waals surface area contributed by atoms with Crippen LogP contribution >= 0.6 is 11.8 Å². The molecule has 1 aromatic carbocycles. The van der Waals surface area contributed by atoms with Gasteiger partial charge in [-0.1, -0.05) is 18.2 Å². The Hall–Kier alpha value is -0.510. The average molecular weight is 263 g/mol. The average Bonchev–Trinajstić information content (AvgIpc) is 2.46. The molecule has 0 saturated carbocycles. The van der Waals surface area contributed by atoms with Gasteiger partial charge in [-0.2, -0.15) is 0 Å². The number of nitrogens with one attached hydrogen (secondary N) is 1. The van der Waals surface area contributed by atoms with E-state index < -0.39 is 0 Å². The Kier molecular flexibility index (Phi) is 4.24. The van der Waals surface area contributed by atoms with Gasteiger partial charge in [0.25, 0.3) is 0 Å². The molecule has 0 spiro atoms. The van der Waals surface area contributed by atoms with E-state index in [1.165, 1.54) is 35.5 Å². The third-order valence-corrected chi connectivity index (χ3v) is 4.99. The van der Waals surface area contributed by atoms with Crippen LogP contribution in [0.15, 0.2) is 29.2 Å². The lowest BCUT2D eigenvalue weighted by atomic mass is 9.99. The molecule has 1 N–H and O–H groups in total. The monoisotopic (exact) mass is 263 g/mol. The second-order valence-electron chi connectivity index (χ2n) is 5.22. The van der Waals surface area contributed by atoms with Crippen LogP contribution in [0, 0.1) is 5.92 Å². The van der Waals surface area contributed by atoms with E-state index >= 15 is 0 Å². The zero-order valence-corrected chi connectivity index (χ0v) is 11.5. The zero-order chi connectivity index (χ0) is 12.2. The summed E-state index contributed by atoms with van der Waals surface area (Å²) in [7, 11) is 0. The van der Waals surface area contributed by atoms with Gasteiger partial charge in [0.15, 0.2) is 0 Å². The number of rotatable bonds is 3. The van der Waals surface area contributed by atoms with Crippen LogP contribution in [0.25, 0.3) is 0 Å². The first-order valence-corrected chi connectivity index (χ1v) is 7.95. The summed E-state index contributed by atoms with van der Waals surface area (Å²) in [5.41, 5.74) is 1.49. The fourth-order valence-electron chi connectivity index (χ4n) is 2.83. The Labute approximate surface area is 113 Å². The first-order valence-electron chi connectivity index (χ1n) is 6.96. The Morgan fingerprint density at radius 3 is 3.11 bits per heavy atom. The molecule has 3 rings (SSSR count). The number of hydrogen-bond donors (Lipinski definition) is 1. The van der Waals surface area contributed by atoms with Gasteiger partial charge in [0, 0.05) is 24.1 Å². The summed E-state index contributed by atoms with van der Waals surface area (Å²) in [6.45, 7) is 3.00. The van der Waals surface area contributed by atoms with Crippen molar-refractivity contribution in [3.8, 4) is 0 Å². The first-order chi connectivity index (χ1) is 8.93. The predicted molar refractivity (Wildman–Crippen MR) is 76.1 cm³/mol. The Morgan fingerprint density at radius 2 is 2.22 bits per heavy atom. The van der Waals surface area contributed by atoms with Crippen LogP contribution in [0.2, 0.25) is 0 Å². The van der Waals surface area contributed by atoms with E-state index in [9.17, 15) is 0 Å². The maximum absolute atomic E-state index is 5.55. The second kappa shape index (κ2) is 6.09. The molecule has 18 heavy (non-hydrogen) atoms. The minimum atomic E-state index is 0.546. The quantitative estimate of drug-likeness (QED) is 0.904. The van der Waals surface area contributed by atoms with Crippen molar-refractivity contribution >= 4 is 11.8 Å². The lowest BCUT2D eigenvalue weighted by molar-refractivity contribution is 0.0537. The van der Waals surface area contributed by atoms with E-state index in [2.05, 4.69) is 29.6 Å². The van der Waals surface area contributed by atoms with Crippen molar-refractivity contribution < 1.29 is 4.74 Å². The van der Waals surface area contributed by atoms with Gasteiger partial charge in [-0.05, 0) is 42.6 Å². The molecule has 1 saturated heterocycles. The van der Waals surface area contributed by atoms with Crippen LogP contribution < -0.4 is 5.32 Å². The molecule has 0 amide bonds. The van der Waals surface area contributed by atoms with Gasteiger partial charge in [0.2, 0.25) is 0 Å². The molecule has 98 valence electrons. The number of thioether (sulfide) groups is 1. The number of fused-ring (bicyclic) bond motifs is 1. The van der Waals surface area contributed by atoms with Crippen molar-refractivity contribution in [2.75, 3.05) is 25.5 Å². The van der Waals surface area contributed by atoms with Crippen molar-refractivity contribution in [1.29, 1.82) is 0 Å². The molecule has 0 aromatic heterocycles. The molecule has 2 unspecified atom stereocenters. The van der Waals surface area contributed by atoms with Gasteiger partial charge in [0.1, 0.15) is 0 Å². The third kappa shape index (κ3) is 2.90. The molecule has 2 heterocycles. The normalized spacial score (nSPS) is 27.8. The van der Waals surface area contributed by atoms with E-state index in [1.807, 2.05) is 11.8 Å². The van der Waals surface area contributed by atoms with Gasteiger partial charge in [-0.25, -0.2) is 0 Å². The summed E-state index contributed by atoms with van der Waals surface area (Å²) in [4.78, 5) is 1.46. The Balaban J connectivity index is 1.60. The maximum Gasteiger partial charge on any atom is 0.0506 e. The molecular weight excluding hydrogens is 242 g/mol. The van der Waals surface area contributed by atoms with Crippen molar-refractivity contribution in [2.45, 2.75) is 30.2 Å². The van der Waals surface area contributed by atoms with E-state index in [4.69, 9.17) is 4.74 Å². The van der Waals surface area contributed by atoms with Crippen LogP contribution in [-0.4, -0.2) is 25.5 Å². The largest absolute Gasteiger partial charge is 0.381 e. The number of hydrogen-bond acceptors (Lipinski definition) is 3. The minimum Gasteiger partial charge on any atom is -0.381 e. The highest BCUT2D eigenvalue weighted by molar-refractivity contribution is 7.99. The molecule has 3 heteroatoms. The molecule has 1 fully saturated rings. The van der Waals surface area contributed by atoms with Crippen LogP contribution in [-0.2, 0) is 4.74 Å². The maximum atomic E-state index is 5.55. The molecular formula is C15H21NOS. The Bertz CT molecular complexity index is 390. The number of benzene rings is 1. The molecule has 0 radical (unpaired) electrons. The summed E-state index contributed by atoms with van der Waals surface area (Å²) < 4.78 is 5.55.